The molecule has 1 atom stereocenters. The largest absolute Gasteiger partial charge is 0.528 e. The summed E-state index contributed by atoms with van der Waals surface area (Å²) in [4.78, 5) is 20.2. The van der Waals surface area contributed by atoms with E-state index in [1.54, 1.807) is 5.06 Å². The Labute approximate surface area is 195 Å². The lowest BCUT2D eigenvalue weighted by atomic mass is 10.0. The number of hydrogen-bond donors (Lipinski definition) is 0. The number of piperidine rings is 1. The fourth-order valence-corrected chi connectivity index (χ4v) is 6.18. The molecule has 168 valence electrons. The molecule has 0 radical (unpaired) electrons. The Bertz CT molecular complexity index is 799. The molecule has 0 aromatic heterocycles. The number of carbonyl (C=O) groups excluding carboxylic acids is 1. The van der Waals surface area contributed by atoms with E-state index in [1.807, 2.05) is 44.3 Å². The van der Waals surface area contributed by atoms with E-state index in [2.05, 4.69) is 62.4 Å². The average Bonchev–Trinajstić information content (AvgIpc) is 2.69. The van der Waals surface area contributed by atoms with Crippen LogP contribution in [0.5, 0.6) is 0 Å². The van der Waals surface area contributed by atoms with Crippen LogP contribution in [0.15, 0.2) is 58.3 Å². The molecule has 6 heteroatoms. The summed E-state index contributed by atoms with van der Waals surface area (Å²) in [6.45, 7) is 11.2. The fourth-order valence-electron chi connectivity index (χ4n) is 3.37. The molecule has 1 aliphatic heterocycles. The molecule has 2 aromatic carbocycles. The van der Waals surface area contributed by atoms with Crippen molar-refractivity contribution in [1.82, 2.24) is 5.06 Å². The Kier molecular flexibility index (Phi) is 8.36. The normalized spacial score (nSPS) is 17.5. The predicted octanol–water partition coefficient (Wildman–Crippen LogP) is 7.09. The summed E-state index contributed by atoms with van der Waals surface area (Å²) in [7, 11) is 0. The van der Waals surface area contributed by atoms with Crippen LogP contribution in [0.2, 0.25) is 0 Å². The molecule has 0 bridgehead atoms. The summed E-state index contributed by atoms with van der Waals surface area (Å²) >= 11 is 3.80. The first-order valence-electron chi connectivity index (χ1n) is 10.8. The molecule has 2 aromatic rings. The van der Waals surface area contributed by atoms with Crippen LogP contribution in [0.4, 0.5) is 4.79 Å². The van der Waals surface area contributed by atoms with Crippen LogP contribution >= 0.6 is 23.5 Å². The first kappa shape index (κ1) is 24.0. The number of nitrogens with zero attached hydrogens (tertiary/aromatic N) is 1. The molecule has 31 heavy (non-hydrogen) atoms. The topological polar surface area (TPSA) is 38.8 Å². The smallest absolute Gasteiger partial charge is 0.427 e. The third-order valence-corrected chi connectivity index (χ3v) is 7.85. The van der Waals surface area contributed by atoms with Gasteiger partial charge in [-0.25, -0.2) is 4.79 Å². The maximum Gasteiger partial charge on any atom is 0.528 e. The van der Waals surface area contributed by atoms with Gasteiger partial charge in [-0.3, -0.25) is 0 Å². The molecule has 1 aliphatic rings. The quantitative estimate of drug-likeness (QED) is 0.261. The second-order valence-electron chi connectivity index (χ2n) is 9.08. The van der Waals surface area contributed by atoms with Gasteiger partial charge in [0.1, 0.15) is 5.60 Å². The van der Waals surface area contributed by atoms with Gasteiger partial charge >= 0.3 is 6.16 Å². The Morgan fingerprint density at radius 1 is 0.968 bits per heavy atom. The van der Waals surface area contributed by atoms with Gasteiger partial charge in [0.2, 0.25) is 0 Å². The molecule has 1 saturated heterocycles. The van der Waals surface area contributed by atoms with Gasteiger partial charge < -0.3 is 9.57 Å². The van der Waals surface area contributed by atoms with E-state index in [4.69, 9.17) is 9.57 Å². The van der Waals surface area contributed by atoms with Crippen molar-refractivity contribution in [3.8, 4) is 0 Å². The van der Waals surface area contributed by atoms with Crippen LogP contribution < -0.4 is 0 Å². The first-order valence-corrected chi connectivity index (χ1v) is 12.6. The maximum absolute atomic E-state index is 12.2. The highest BCUT2D eigenvalue weighted by atomic mass is 32.2. The zero-order chi connectivity index (χ0) is 22.4. The van der Waals surface area contributed by atoms with Gasteiger partial charge in [0.05, 0.1) is 4.58 Å². The van der Waals surface area contributed by atoms with Crippen LogP contribution in [-0.4, -0.2) is 34.5 Å². The molecule has 4 nitrogen and oxygen atoms in total. The second-order valence-corrected chi connectivity index (χ2v) is 11.8. The fraction of sp³-hybridized carbons (Fsp3) is 0.480. The van der Waals surface area contributed by atoms with Gasteiger partial charge in [0.25, 0.3) is 0 Å². The number of hydroxylamine groups is 2. The van der Waals surface area contributed by atoms with Crippen LogP contribution in [0.25, 0.3) is 0 Å². The lowest BCUT2D eigenvalue weighted by Crippen LogP contribution is -2.41. The summed E-state index contributed by atoms with van der Waals surface area (Å²) in [6.07, 6.45) is 1.48. The highest BCUT2D eigenvalue weighted by Crippen LogP contribution is 2.43. The first-order chi connectivity index (χ1) is 14.7. The molecule has 3 rings (SSSR count). The molecule has 0 saturated carbocycles. The van der Waals surface area contributed by atoms with Crippen molar-refractivity contribution < 1.29 is 14.4 Å². The Hall–Kier alpha value is -1.63. The highest BCUT2D eigenvalue weighted by molar-refractivity contribution is 8.17. The molecular formula is C25H33NO3S2. The molecular weight excluding hydrogens is 426 g/mol. The summed E-state index contributed by atoms with van der Waals surface area (Å²) in [5.41, 5.74) is 1.97. The van der Waals surface area contributed by atoms with Crippen molar-refractivity contribution in [2.75, 3.05) is 13.1 Å². The minimum Gasteiger partial charge on any atom is -0.427 e. The molecule has 1 heterocycles. The second kappa shape index (κ2) is 10.8. The van der Waals surface area contributed by atoms with E-state index in [-0.39, 0.29) is 0 Å². The van der Waals surface area contributed by atoms with E-state index in [0.717, 1.165) is 19.4 Å². The van der Waals surface area contributed by atoms with Crippen LogP contribution in [-0.2, 0) is 9.57 Å². The van der Waals surface area contributed by atoms with E-state index in [9.17, 15) is 4.79 Å². The number of aryl methyl sites for hydroxylation is 2. The number of thioether (sulfide) groups is 2. The van der Waals surface area contributed by atoms with Gasteiger partial charge in [-0.1, -0.05) is 35.4 Å². The highest BCUT2D eigenvalue weighted by Gasteiger charge is 2.31. The lowest BCUT2D eigenvalue weighted by Gasteiger charge is -2.35. The van der Waals surface area contributed by atoms with Gasteiger partial charge in [-0.2, -0.15) is 0 Å². The number of ether oxygens (including phenoxy) is 1. The molecule has 1 fully saturated rings. The average molecular weight is 460 g/mol. The van der Waals surface area contributed by atoms with E-state index < -0.39 is 11.8 Å². The Morgan fingerprint density at radius 3 is 1.97 bits per heavy atom. The van der Waals surface area contributed by atoms with Gasteiger partial charge in [0, 0.05) is 22.9 Å². The Balaban J connectivity index is 1.71. The SMILES string of the molecule is Cc1ccc(SC(Sc2ccc(C)cc2)C2CCCN(OC(=O)OC(C)(C)C)C2)cc1. The minimum absolute atomic E-state index is 0.315. The third kappa shape index (κ3) is 8.09. The predicted molar refractivity (Wildman–Crippen MR) is 129 cm³/mol. The zero-order valence-electron chi connectivity index (χ0n) is 19.1. The number of hydrogen-bond acceptors (Lipinski definition) is 6. The van der Waals surface area contributed by atoms with Crippen LogP contribution in [0, 0.1) is 19.8 Å². The van der Waals surface area contributed by atoms with Gasteiger partial charge in [-0.15, -0.1) is 28.6 Å². The Morgan fingerprint density at radius 2 is 1.48 bits per heavy atom. The van der Waals surface area contributed by atoms with E-state index >= 15 is 0 Å². The summed E-state index contributed by atoms with van der Waals surface area (Å²) < 4.78 is 5.65. The molecule has 0 amide bonds. The molecule has 0 N–H and O–H groups in total. The van der Waals surface area contributed by atoms with Crippen LogP contribution in [0.3, 0.4) is 0 Å². The summed E-state index contributed by atoms with van der Waals surface area (Å²) in [5.74, 6) is 0.383. The van der Waals surface area contributed by atoms with Crippen LogP contribution in [0.1, 0.15) is 44.7 Å². The summed E-state index contributed by atoms with van der Waals surface area (Å²) in [6, 6.07) is 17.4. The lowest BCUT2D eigenvalue weighted by molar-refractivity contribution is -0.157. The zero-order valence-corrected chi connectivity index (χ0v) is 20.7. The van der Waals surface area contributed by atoms with Crippen molar-refractivity contribution in [2.24, 2.45) is 5.92 Å². The third-order valence-electron chi connectivity index (χ3n) is 4.95. The maximum atomic E-state index is 12.2. The van der Waals surface area contributed by atoms with Crippen molar-refractivity contribution in [1.29, 1.82) is 0 Å². The summed E-state index contributed by atoms with van der Waals surface area (Å²) in [5, 5.41) is 1.78. The van der Waals surface area contributed by atoms with Crippen molar-refractivity contribution in [3.63, 3.8) is 0 Å². The van der Waals surface area contributed by atoms with Crippen molar-refractivity contribution in [3.05, 3.63) is 59.7 Å². The molecule has 0 spiro atoms. The minimum atomic E-state index is -0.623. The van der Waals surface area contributed by atoms with Gasteiger partial charge in [0.15, 0.2) is 0 Å². The number of carbonyl (C=O) groups is 1. The number of rotatable bonds is 6. The van der Waals surface area contributed by atoms with Gasteiger partial charge in [-0.05, 0) is 77.6 Å². The van der Waals surface area contributed by atoms with E-state index in [0.29, 0.717) is 17.0 Å². The monoisotopic (exact) mass is 459 g/mol. The standard InChI is InChI=1S/C25H33NO3S2/c1-18-8-12-21(13-9-18)30-23(31-22-14-10-19(2)11-15-22)20-7-6-16-26(17-20)29-24(27)28-25(3,4)5/h8-15,20,23H,6-7,16-17H2,1-5H3. The van der Waals surface area contributed by atoms with E-state index in [1.165, 1.54) is 20.9 Å². The number of benzene rings is 2. The van der Waals surface area contributed by atoms with Crippen molar-refractivity contribution >= 4 is 29.7 Å². The van der Waals surface area contributed by atoms with Crippen molar-refractivity contribution in [2.45, 2.75) is 67.4 Å². The molecule has 0 aliphatic carbocycles. The molecule has 1 unspecified atom stereocenters.